The van der Waals surface area contributed by atoms with Crippen molar-refractivity contribution < 1.29 is 4.39 Å². The maximum atomic E-state index is 14.0. The third kappa shape index (κ3) is 3.38. The summed E-state index contributed by atoms with van der Waals surface area (Å²) in [5, 5.41) is 3.31. The first-order chi connectivity index (χ1) is 9.51. The second-order valence-corrected chi connectivity index (χ2v) is 5.80. The number of nitrogens with two attached hydrogens (primary N) is 1. The number of benzene rings is 2. The van der Waals surface area contributed by atoms with Crippen LogP contribution in [-0.2, 0) is 0 Å². The SMILES string of the molecule is Cc1ccc(Br)c(NC(CN)c2cc(C)ccc2F)c1. The van der Waals surface area contributed by atoms with Gasteiger partial charge in [-0.05, 0) is 53.5 Å². The van der Waals surface area contributed by atoms with E-state index in [1.54, 1.807) is 6.07 Å². The van der Waals surface area contributed by atoms with Gasteiger partial charge in [-0.3, -0.25) is 0 Å². The highest BCUT2D eigenvalue weighted by atomic mass is 79.9. The molecule has 0 fully saturated rings. The standard InChI is InChI=1S/C16H18BrFN2/c1-10-4-6-14(18)12(7-10)16(9-19)20-15-8-11(2)3-5-13(15)17/h3-8,16,20H,9,19H2,1-2H3. The summed E-state index contributed by atoms with van der Waals surface area (Å²) in [6.45, 7) is 4.28. The molecule has 2 aromatic carbocycles. The molecule has 106 valence electrons. The highest BCUT2D eigenvalue weighted by Crippen LogP contribution is 2.28. The maximum absolute atomic E-state index is 14.0. The molecule has 4 heteroatoms. The quantitative estimate of drug-likeness (QED) is 0.872. The molecule has 3 N–H and O–H groups in total. The van der Waals surface area contributed by atoms with Crippen molar-refractivity contribution >= 4 is 21.6 Å². The van der Waals surface area contributed by atoms with Crippen molar-refractivity contribution in [2.45, 2.75) is 19.9 Å². The molecule has 20 heavy (non-hydrogen) atoms. The number of hydrogen-bond acceptors (Lipinski definition) is 2. The lowest BCUT2D eigenvalue weighted by Gasteiger charge is -2.21. The molecule has 0 saturated heterocycles. The Labute approximate surface area is 127 Å². The first-order valence-corrected chi connectivity index (χ1v) is 7.29. The zero-order valence-electron chi connectivity index (χ0n) is 11.6. The van der Waals surface area contributed by atoms with Crippen LogP contribution in [0.2, 0.25) is 0 Å². The van der Waals surface area contributed by atoms with E-state index in [-0.39, 0.29) is 11.9 Å². The van der Waals surface area contributed by atoms with Crippen molar-refractivity contribution in [3.8, 4) is 0 Å². The zero-order valence-corrected chi connectivity index (χ0v) is 13.2. The summed E-state index contributed by atoms with van der Waals surface area (Å²) in [6.07, 6.45) is 0. The zero-order chi connectivity index (χ0) is 14.7. The Morgan fingerprint density at radius 1 is 1.15 bits per heavy atom. The Morgan fingerprint density at radius 2 is 1.80 bits per heavy atom. The van der Waals surface area contributed by atoms with E-state index in [2.05, 4.69) is 21.2 Å². The van der Waals surface area contributed by atoms with Gasteiger partial charge in [0.25, 0.3) is 0 Å². The smallest absolute Gasteiger partial charge is 0.128 e. The second-order valence-electron chi connectivity index (χ2n) is 4.94. The van der Waals surface area contributed by atoms with Crippen LogP contribution < -0.4 is 11.1 Å². The van der Waals surface area contributed by atoms with E-state index in [9.17, 15) is 4.39 Å². The van der Waals surface area contributed by atoms with Crippen LogP contribution in [-0.4, -0.2) is 6.54 Å². The van der Waals surface area contributed by atoms with E-state index in [1.165, 1.54) is 6.07 Å². The largest absolute Gasteiger partial charge is 0.376 e. The Hall–Kier alpha value is -1.39. The molecule has 0 heterocycles. The Balaban J connectivity index is 2.33. The van der Waals surface area contributed by atoms with Crippen LogP contribution in [0.15, 0.2) is 40.9 Å². The predicted molar refractivity (Wildman–Crippen MR) is 85.4 cm³/mol. The summed E-state index contributed by atoms with van der Waals surface area (Å²) < 4.78 is 14.9. The van der Waals surface area contributed by atoms with Crippen LogP contribution in [0, 0.1) is 19.7 Å². The topological polar surface area (TPSA) is 38.0 Å². The van der Waals surface area contributed by atoms with E-state index in [0.717, 1.165) is 21.3 Å². The summed E-state index contributed by atoms with van der Waals surface area (Å²) in [6, 6.07) is 10.8. The highest BCUT2D eigenvalue weighted by molar-refractivity contribution is 9.10. The molecule has 2 aromatic rings. The van der Waals surface area contributed by atoms with Crippen LogP contribution in [0.3, 0.4) is 0 Å². The number of rotatable bonds is 4. The van der Waals surface area contributed by atoms with Crippen LogP contribution in [0.1, 0.15) is 22.7 Å². The molecular weight excluding hydrogens is 319 g/mol. The van der Waals surface area contributed by atoms with Crippen molar-refractivity contribution in [1.29, 1.82) is 0 Å². The van der Waals surface area contributed by atoms with Gasteiger partial charge in [0.05, 0.1) is 6.04 Å². The fourth-order valence-electron chi connectivity index (χ4n) is 2.13. The summed E-state index contributed by atoms with van der Waals surface area (Å²) >= 11 is 3.50. The Bertz CT molecular complexity index is 613. The first-order valence-electron chi connectivity index (χ1n) is 6.50. The molecule has 0 radical (unpaired) electrons. The van der Waals surface area contributed by atoms with Gasteiger partial charge >= 0.3 is 0 Å². The highest BCUT2D eigenvalue weighted by Gasteiger charge is 2.15. The van der Waals surface area contributed by atoms with Crippen molar-refractivity contribution in [2.75, 3.05) is 11.9 Å². The fraction of sp³-hybridized carbons (Fsp3) is 0.250. The summed E-state index contributed by atoms with van der Waals surface area (Å²) in [4.78, 5) is 0. The van der Waals surface area contributed by atoms with Gasteiger partial charge in [-0.1, -0.05) is 23.8 Å². The third-order valence-electron chi connectivity index (χ3n) is 3.21. The van der Waals surface area contributed by atoms with Gasteiger partial charge in [-0.15, -0.1) is 0 Å². The second kappa shape index (κ2) is 6.37. The van der Waals surface area contributed by atoms with E-state index in [0.29, 0.717) is 12.1 Å². The van der Waals surface area contributed by atoms with Crippen molar-refractivity contribution in [3.05, 3.63) is 63.4 Å². The number of anilines is 1. The predicted octanol–water partition coefficient (Wildman–Crippen LogP) is 4.32. The molecule has 0 aliphatic rings. The van der Waals surface area contributed by atoms with Crippen LogP contribution in [0.25, 0.3) is 0 Å². The molecule has 1 unspecified atom stereocenters. The summed E-state index contributed by atoms with van der Waals surface area (Å²) in [5.74, 6) is -0.234. The Morgan fingerprint density at radius 3 is 2.50 bits per heavy atom. The lowest BCUT2D eigenvalue weighted by atomic mass is 10.0. The number of aryl methyl sites for hydroxylation is 2. The van der Waals surface area contributed by atoms with Gasteiger partial charge in [0.1, 0.15) is 5.82 Å². The lowest BCUT2D eigenvalue weighted by molar-refractivity contribution is 0.593. The van der Waals surface area contributed by atoms with Gasteiger partial charge < -0.3 is 11.1 Å². The van der Waals surface area contributed by atoms with E-state index < -0.39 is 0 Å². The van der Waals surface area contributed by atoms with Crippen LogP contribution >= 0.6 is 15.9 Å². The third-order valence-corrected chi connectivity index (χ3v) is 3.91. The molecule has 0 amide bonds. The van der Waals surface area contributed by atoms with Crippen molar-refractivity contribution in [1.82, 2.24) is 0 Å². The average molecular weight is 337 g/mol. The average Bonchev–Trinajstić information content (AvgIpc) is 2.42. The molecule has 1 atom stereocenters. The molecular formula is C16H18BrFN2. The molecule has 0 bridgehead atoms. The Kier molecular flexibility index (Phi) is 4.78. The van der Waals surface area contributed by atoms with Crippen molar-refractivity contribution in [3.63, 3.8) is 0 Å². The van der Waals surface area contributed by atoms with Gasteiger partial charge in [0.15, 0.2) is 0 Å². The summed E-state index contributed by atoms with van der Waals surface area (Å²) in [5.41, 5.74) is 9.49. The van der Waals surface area contributed by atoms with E-state index >= 15 is 0 Å². The fourth-order valence-corrected chi connectivity index (χ4v) is 2.49. The normalized spacial score (nSPS) is 12.2. The van der Waals surface area contributed by atoms with Gasteiger partial charge in [0.2, 0.25) is 0 Å². The number of hydrogen-bond donors (Lipinski definition) is 2. The first kappa shape index (κ1) is 15.0. The molecule has 0 spiro atoms. The van der Waals surface area contributed by atoms with Gasteiger partial charge in [-0.25, -0.2) is 4.39 Å². The lowest BCUT2D eigenvalue weighted by Crippen LogP contribution is -2.22. The van der Waals surface area contributed by atoms with Gasteiger partial charge in [0, 0.05) is 22.3 Å². The maximum Gasteiger partial charge on any atom is 0.128 e. The molecule has 0 saturated carbocycles. The summed E-state index contributed by atoms with van der Waals surface area (Å²) in [7, 11) is 0. The van der Waals surface area contributed by atoms with Crippen LogP contribution in [0.4, 0.5) is 10.1 Å². The van der Waals surface area contributed by atoms with E-state index in [1.807, 2.05) is 38.1 Å². The minimum absolute atomic E-state index is 0.234. The monoisotopic (exact) mass is 336 g/mol. The molecule has 0 aromatic heterocycles. The van der Waals surface area contributed by atoms with E-state index in [4.69, 9.17) is 5.73 Å². The molecule has 0 aliphatic carbocycles. The molecule has 2 nitrogen and oxygen atoms in total. The van der Waals surface area contributed by atoms with Gasteiger partial charge in [-0.2, -0.15) is 0 Å². The minimum Gasteiger partial charge on any atom is -0.376 e. The van der Waals surface area contributed by atoms with Crippen LogP contribution in [0.5, 0.6) is 0 Å². The number of nitrogens with one attached hydrogen (secondary N) is 1. The molecule has 2 rings (SSSR count). The van der Waals surface area contributed by atoms with Crippen molar-refractivity contribution in [2.24, 2.45) is 5.73 Å². The molecule has 0 aliphatic heterocycles. The minimum atomic E-state index is -0.256. The number of halogens is 2.